The van der Waals surface area contributed by atoms with Crippen LogP contribution in [0.5, 0.6) is 11.5 Å². The minimum absolute atomic E-state index is 0.115. The highest BCUT2D eigenvalue weighted by Crippen LogP contribution is 2.41. The van der Waals surface area contributed by atoms with Gasteiger partial charge in [0.05, 0.1) is 0 Å². The van der Waals surface area contributed by atoms with Crippen LogP contribution in [0.4, 0.5) is 0 Å². The lowest BCUT2D eigenvalue weighted by Crippen LogP contribution is -1.93. The minimum Gasteiger partial charge on any atom is -0.504 e. The van der Waals surface area contributed by atoms with Crippen molar-refractivity contribution in [1.29, 1.82) is 0 Å². The van der Waals surface area contributed by atoms with Crippen LogP contribution in [0.2, 0.25) is 0 Å². The molecule has 0 amide bonds. The Morgan fingerprint density at radius 1 is 1.14 bits per heavy atom. The van der Waals surface area contributed by atoms with E-state index in [1.165, 1.54) is 6.08 Å². The van der Waals surface area contributed by atoms with E-state index in [2.05, 4.69) is 0 Å². The van der Waals surface area contributed by atoms with Crippen LogP contribution in [0.15, 0.2) is 12.1 Å². The summed E-state index contributed by atoms with van der Waals surface area (Å²) in [4.78, 5) is 11.4. The van der Waals surface area contributed by atoms with E-state index >= 15 is 0 Å². The molecule has 0 atom stereocenters. The third kappa shape index (κ3) is 0.954. The Morgan fingerprint density at radius 2 is 1.79 bits per heavy atom. The van der Waals surface area contributed by atoms with Gasteiger partial charge in [-0.05, 0) is 37.1 Å². The predicted octanol–water partition coefficient (Wildman–Crippen LogP) is 2.01. The van der Waals surface area contributed by atoms with Crippen molar-refractivity contribution in [2.75, 3.05) is 0 Å². The second-order valence-electron chi connectivity index (χ2n) is 3.50. The van der Waals surface area contributed by atoms with Crippen molar-refractivity contribution in [2.45, 2.75) is 13.8 Å². The van der Waals surface area contributed by atoms with Crippen molar-refractivity contribution >= 4 is 11.4 Å². The predicted molar refractivity (Wildman–Crippen MR) is 52.5 cm³/mol. The van der Waals surface area contributed by atoms with Gasteiger partial charge in [0.2, 0.25) is 0 Å². The van der Waals surface area contributed by atoms with E-state index in [1.54, 1.807) is 19.9 Å². The molecule has 2 N–H and O–H groups in total. The van der Waals surface area contributed by atoms with E-state index in [0.29, 0.717) is 22.3 Å². The number of aromatic hydroxyl groups is 2. The van der Waals surface area contributed by atoms with Crippen LogP contribution in [0, 0.1) is 6.92 Å². The van der Waals surface area contributed by atoms with E-state index in [-0.39, 0.29) is 17.3 Å². The van der Waals surface area contributed by atoms with Gasteiger partial charge in [-0.3, -0.25) is 4.79 Å². The maximum absolute atomic E-state index is 11.4. The molecule has 1 aliphatic rings. The number of phenols is 2. The van der Waals surface area contributed by atoms with Crippen molar-refractivity contribution in [1.82, 2.24) is 0 Å². The first kappa shape index (κ1) is 8.81. The van der Waals surface area contributed by atoms with Crippen LogP contribution >= 0.6 is 0 Å². The summed E-state index contributed by atoms with van der Waals surface area (Å²) in [6.07, 6.45) is 1.46. The SMILES string of the molecule is CC1=CC(=O)c2cc(C)c(O)c(O)c21. The number of fused-ring (bicyclic) bond motifs is 1. The Morgan fingerprint density at radius 3 is 2.43 bits per heavy atom. The number of hydrogen-bond donors (Lipinski definition) is 2. The third-order valence-electron chi connectivity index (χ3n) is 2.47. The summed E-state index contributed by atoms with van der Waals surface area (Å²) in [5.74, 6) is -0.457. The zero-order valence-electron chi connectivity index (χ0n) is 7.96. The first-order valence-electron chi connectivity index (χ1n) is 4.31. The zero-order chi connectivity index (χ0) is 10.5. The number of benzene rings is 1. The van der Waals surface area contributed by atoms with Gasteiger partial charge in [0.25, 0.3) is 0 Å². The van der Waals surface area contributed by atoms with Crippen molar-refractivity contribution < 1.29 is 15.0 Å². The lowest BCUT2D eigenvalue weighted by Gasteiger charge is -2.08. The number of ketones is 1. The largest absolute Gasteiger partial charge is 0.504 e. The fraction of sp³-hybridized carbons (Fsp3) is 0.182. The summed E-state index contributed by atoms with van der Waals surface area (Å²) in [6, 6.07) is 1.60. The summed E-state index contributed by atoms with van der Waals surface area (Å²) in [6.45, 7) is 3.38. The van der Waals surface area contributed by atoms with Gasteiger partial charge >= 0.3 is 0 Å². The van der Waals surface area contributed by atoms with E-state index in [9.17, 15) is 15.0 Å². The Labute approximate surface area is 81.3 Å². The number of aryl methyl sites for hydroxylation is 1. The van der Waals surface area contributed by atoms with Gasteiger partial charge in [-0.2, -0.15) is 0 Å². The molecule has 14 heavy (non-hydrogen) atoms. The minimum atomic E-state index is -0.195. The van der Waals surface area contributed by atoms with Gasteiger partial charge in [0.1, 0.15) is 0 Å². The van der Waals surface area contributed by atoms with Gasteiger partial charge in [-0.1, -0.05) is 0 Å². The fourth-order valence-electron chi connectivity index (χ4n) is 1.73. The van der Waals surface area contributed by atoms with E-state index in [0.717, 1.165) is 0 Å². The summed E-state index contributed by atoms with van der Waals surface area (Å²) >= 11 is 0. The van der Waals surface area contributed by atoms with E-state index in [4.69, 9.17) is 0 Å². The topological polar surface area (TPSA) is 57.5 Å². The normalized spacial score (nSPS) is 14.1. The van der Waals surface area contributed by atoms with Gasteiger partial charge in [0.15, 0.2) is 17.3 Å². The van der Waals surface area contributed by atoms with Crippen molar-refractivity contribution in [2.24, 2.45) is 0 Å². The molecule has 2 rings (SSSR count). The maximum atomic E-state index is 11.4. The van der Waals surface area contributed by atoms with Crippen LogP contribution in [0.25, 0.3) is 5.57 Å². The fourth-order valence-corrected chi connectivity index (χ4v) is 1.73. The van der Waals surface area contributed by atoms with Crippen LogP contribution in [0.3, 0.4) is 0 Å². The summed E-state index contributed by atoms with van der Waals surface area (Å²) < 4.78 is 0. The molecule has 0 unspecified atom stereocenters. The molecule has 72 valence electrons. The first-order valence-corrected chi connectivity index (χ1v) is 4.31. The molecule has 0 heterocycles. The molecule has 1 aromatic rings. The van der Waals surface area contributed by atoms with Gasteiger partial charge in [-0.15, -0.1) is 0 Å². The maximum Gasteiger partial charge on any atom is 0.186 e. The molecule has 3 nitrogen and oxygen atoms in total. The number of carbonyl (C=O) groups excluding carboxylic acids is 1. The van der Waals surface area contributed by atoms with E-state index in [1.807, 2.05) is 0 Å². The first-order chi connectivity index (χ1) is 6.52. The Balaban J connectivity index is 2.83. The lowest BCUT2D eigenvalue weighted by atomic mass is 10.0. The molecule has 0 aliphatic heterocycles. The van der Waals surface area contributed by atoms with Crippen molar-refractivity contribution in [3.05, 3.63) is 28.8 Å². The second-order valence-corrected chi connectivity index (χ2v) is 3.50. The standard InChI is InChI=1S/C11H10O3/c1-5-4-8(12)7-3-6(2)10(13)11(14)9(5)7/h3-4,13-14H,1-2H3. The monoisotopic (exact) mass is 190 g/mol. The molecule has 0 spiro atoms. The molecule has 3 heteroatoms. The number of phenolic OH excluding ortho intramolecular Hbond substituents is 2. The van der Waals surface area contributed by atoms with Crippen LogP contribution < -0.4 is 0 Å². The highest BCUT2D eigenvalue weighted by Gasteiger charge is 2.24. The van der Waals surface area contributed by atoms with Gasteiger partial charge in [0, 0.05) is 11.1 Å². The summed E-state index contributed by atoms with van der Waals surface area (Å²) in [5.41, 5.74) is 2.13. The molecular weight excluding hydrogens is 180 g/mol. The van der Waals surface area contributed by atoms with Crippen LogP contribution in [-0.2, 0) is 0 Å². The molecule has 1 aromatic carbocycles. The lowest BCUT2D eigenvalue weighted by molar-refractivity contribution is 0.104. The zero-order valence-corrected chi connectivity index (χ0v) is 7.96. The molecule has 0 saturated heterocycles. The molecule has 0 radical (unpaired) electrons. The number of hydrogen-bond acceptors (Lipinski definition) is 3. The quantitative estimate of drug-likeness (QED) is 0.615. The third-order valence-corrected chi connectivity index (χ3v) is 2.47. The number of carbonyl (C=O) groups is 1. The molecule has 0 fully saturated rings. The van der Waals surface area contributed by atoms with E-state index < -0.39 is 0 Å². The smallest absolute Gasteiger partial charge is 0.186 e. The summed E-state index contributed by atoms with van der Waals surface area (Å²) in [5, 5.41) is 19.1. The number of rotatable bonds is 0. The van der Waals surface area contributed by atoms with Gasteiger partial charge in [-0.25, -0.2) is 0 Å². The van der Waals surface area contributed by atoms with Crippen LogP contribution in [-0.4, -0.2) is 16.0 Å². The Hall–Kier alpha value is -1.77. The Kier molecular flexibility index (Phi) is 1.64. The summed E-state index contributed by atoms with van der Waals surface area (Å²) in [7, 11) is 0. The molecule has 0 aromatic heterocycles. The second kappa shape index (κ2) is 2.61. The van der Waals surface area contributed by atoms with Crippen molar-refractivity contribution in [3.63, 3.8) is 0 Å². The van der Waals surface area contributed by atoms with Gasteiger partial charge < -0.3 is 10.2 Å². The molecule has 1 aliphatic carbocycles. The molecule has 0 bridgehead atoms. The highest BCUT2D eigenvalue weighted by molar-refractivity contribution is 6.17. The molecule has 0 saturated carbocycles. The molecular formula is C11H10O3. The Bertz CT molecular complexity index is 470. The average molecular weight is 190 g/mol. The van der Waals surface area contributed by atoms with Crippen LogP contribution in [0.1, 0.15) is 28.4 Å². The number of allylic oxidation sites excluding steroid dienone is 2. The van der Waals surface area contributed by atoms with Crippen molar-refractivity contribution in [3.8, 4) is 11.5 Å². The highest BCUT2D eigenvalue weighted by atomic mass is 16.3. The average Bonchev–Trinajstić information content (AvgIpc) is 2.38.